The number of benzene rings is 1. The monoisotopic (exact) mass is 273 g/mol. The first-order valence-corrected chi connectivity index (χ1v) is 5.38. The molecule has 1 fully saturated rings. The lowest BCUT2D eigenvalue weighted by Gasteiger charge is -2.06. The lowest BCUT2D eigenvalue weighted by Crippen LogP contribution is -2.28. The van der Waals surface area contributed by atoms with Gasteiger partial charge in [-0.15, -0.1) is 0 Å². The van der Waals surface area contributed by atoms with Gasteiger partial charge in [-0.05, 0) is 40.9 Å². The molecule has 1 aromatic carbocycles. The standard InChI is InChI=1S/C10H9BrFNO2/c11-7-2-1-3-8(9(7)12)15-10(14)13-6-4-5-6/h1-3,6H,4-5H2,(H,13,14). The summed E-state index contributed by atoms with van der Waals surface area (Å²) in [6.07, 6.45) is 1.33. The molecule has 0 spiro atoms. The van der Waals surface area contributed by atoms with Gasteiger partial charge in [-0.1, -0.05) is 6.07 Å². The molecule has 0 aromatic heterocycles. The van der Waals surface area contributed by atoms with Crippen LogP contribution in [-0.4, -0.2) is 12.1 Å². The average Bonchev–Trinajstić information content (AvgIpc) is 2.97. The molecule has 15 heavy (non-hydrogen) atoms. The Hall–Kier alpha value is -1.10. The Bertz CT molecular complexity index is 393. The molecule has 1 aromatic rings. The number of rotatable bonds is 2. The van der Waals surface area contributed by atoms with E-state index in [1.807, 2.05) is 0 Å². The summed E-state index contributed by atoms with van der Waals surface area (Å²) in [7, 11) is 0. The minimum Gasteiger partial charge on any atom is -0.407 e. The van der Waals surface area contributed by atoms with Crippen molar-refractivity contribution in [2.24, 2.45) is 0 Å². The largest absolute Gasteiger partial charge is 0.412 e. The molecule has 1 amide bonds. The zero-order valence-corrected chi connectivity index (χ0v) is 9.38. The maximum absolute atomic E-state index is 13.4. The molecule has 0 atom stereocenters. The lowest BCUT2D eigenvalue weighted by molar-refractivity contribution is 0.197. The first-order valence-electron chi connectivity index (χ1n) is 4.59. The van der Waals surface area contributed by atoms with Gasteiger partial charge in [0.25, 0.3) is 0 Å². The van der Waals surface area contributed by atoms with Crippen molar-refractivity contribution >= 4 is 22.0 Å². The molecular weight excluding hydrogens is 265 g/mol. The van der Waals surface area contributed by atoms with Gasteiger partial charge in [-0.2, -0.15) is 0 Å². The van der Waals surface area contributed by atoms with Gasteiger partial charge in [0.2, 0.25) is 0 Å². The molecule has 0 aliphatic heterocycles. The van der Waals surface area contributed by atoms with Gasteiger partial charge in [0, 0.05) is 6.04 Å². The Morgan fingerprint density at radius 2 is 2.27 bits per heavy atom. The molecule has 1 aliphatic rings. The molecule has 3 nitrogen and oxygen atoms in total. The summed E-state index contributed by atoms with van der Waals surface area (Å²) in [4.78, 5) is 11.2. The minimum atomic E-state index is -0.602. The fourth-order valence-electron chi connectivity index (χ4n) is 1.09. The number of halogens is 2. The molecule has 1 aliphatic carbocycles. The molecule has 0 radical (unpaired) electrons. The van der Waals surface area contributed by atoms with E-state index in [4.69, 9.17) is 4.74 Å². The maximum Gasteiger partial charge on any atom is 0.412 e. The molecule has 0 bridgehead atoms. The third-order valence-corrected chi connectivity index (χ3v) is 2.63. The van der Waals surface area contributed by atoms with Crippen LogP contribution in [0.1, 0.15) is 12.8 Å². The van der Waals surface area contributed by atoms with Crippen molar-refractivity contribution in [2.45, 2.75) is 18.9 Å². The van der Waals surface area contributed by atoms with Crippen LogP contribution >= 0.6 is 15.9 Å². The minimum absolute atomic E-state index is 0.0671. The first-order chi connectivity index (χ1) is 7.16. The van der Waals surface area contributed by atoms with Crippen LogP contribution < -0.4 is 10.1 Å². The number of hydrogen-bond acceptors (Lipinski definition) is 2. The van der Waals surface area contributed by atoms with Gasteiger partial charge in [-0.25, -0.2) is 9.18 Å². The van der Waals surface area contributed by atoms with Crippen molar-refractivity contribution in [1.29, 1.82) is 0 Å². The highest BCUT2D eigenvalue weighted by Gasteiger charge is 2.24. The summed E-state index contributed by atoms with van der Waals surface area (Å²) in [6, 6.07) is 4.76. The number of ether oxygens (including phenoxy) is 1. The normalized spacial score (nSPS) is 14.8. The van der Waals surface area contributed by atoms with E-state index < -0.39 is 11.9 Å². The fourth-order valence-corrected chi connectivity index (χ4v) is 1.43. The second kappa shape index (κ2) is 4.18. The molecule has 5 heteroatoms. The van der Waals surface area contributed by atoms with Gasteiger partial charge < -0.3 is 10.1 Å². The number of carbonyl (C=O) groups is 1. The van der Waals surface area contributed by atoms with Gasteiger partial charge in [-0.3, -0.25) is 0 Å². The van der Waals surface area contributed by atoms with Crippen molar-refractivity contribution in [2.75, 3.05) is 0 Å². The molecule has 1 N–H and O–H groups in total. The van der Waals surface area contributed by atoms with E-state index in [-0.39, 0.29) is 16.3 Å². The molecule has 0 saturated heterocycles. The summed E-state index contributed by atoms with van der Waals surface area (Å²) in [5, 5.41) is 2.61. The third-order valence-electron chi connectivity index (χ3n) is 2.02. The second-order valence-corrected chi connectivity index (χ2v) is 4.21. The van der Waals surface area contributed by atoms with Crippen LogP contribution in [0.3, 0.4) is 0 Å². The van der Waals surface area contributed by atoms with E-state index in [0.29, 0.717) is 0 Å². The van der Waals surface area contributed by atoms with E-state index in [9.17, 15) is 9.18 Å². The Morgan fingerprint density at radius 3 is 2.93 bits per heavy atom. The van der Waals surface area contributed by atoms with E-state index in [1.165, 1.54) is 6.07 Å². The second-order valence-electron chi connectivity index (χ2n) is 3.36. The molecule has 2 rings (SSSR count). The van der Waals surface area contributed by atoms with Crippen LogP contribution in [0.5, 0.6) is 5.75 Å². The third kappa shape index (κ3) is 2.68. The zero-order valence-electron chi connectivity index (χ0n) is 7.80. The molecule has 1 saturated carbocycles. The Kier molecular flexibility index (Phi) is 2.90. The topological polar surface area (TPSA) is 38.3 Å². The van der Waals surface area contributed by atoms with Crippen molar-refractivity contribution < 1.29 is 13.9 Å². The molecular formula is C10H9BrFNO2. The number of amides is 1. The highest BCUT2D eigenvalue weighted by Crippen LogP contribution is 2.25. The quantitative estimate of drug-likeness (QED) is 0.900. The van der Waals surface area contributed by atoms with E-state index in [0.717, 1.165) is 12.8 Å². The smallest absolute Gasteiger partial charge is 0.407 e. The molecule has 80 valence electrons. The van der Waals surface area contributed by atoms with E-state index in [2.05, 4.69) is 21.2 Å². The lowest BCUT2D eigenvalue weighted by atomic mass is 10.3. The van der Waals surface area contributed by atoms with Crippen LogP contribution in [0.4, 0.5) is 9.18 Å². The summed E-state index contributed by atoms with van der Waals surface area (Å²) in [5.74, 6) is -0.633. The van der Waals surface area contributed by atoms with Crippen LogP contribution in [-0.2, 0) is 0 Å². The predicted octanol–water partition coefficient (Wildman–Crippen LogP) is 2.84. The van der Waals surface area contributed by atoms with Crippen LogP contribution in [0, 0.1) is 5.82 Å². The Labute approximate surface area is 94.7 Å². The summed E-state index contributed by atoms with van der Waals surface area (Å²) < 4.78 is 18.5. The Morgan fingerprint density at radius 1 is 1.53 bits per heavy atom. The van der Waals surface area contributed by atoms with Gasteiger partial charge >= 0.3 is 6.09 Å². The highest BCUT2D eigenvalue weighted by atomic mass is 79.9. The SMILES string of the molecule is O=C(NC1CC1)Oc1cccc(Br)c1F. The molecule has 0 heterocycles. The van der Waals surface area contributed by atoms with Gasteiger partial charge in [0.05, 0.1) is 4.47 Å². The van der Waals surface area contributed by atoms with Crippen molar-refractivity contribution in [3.05, 3.63) is 28.5 Å². The van der Waals surface area contributed by atoms with Crippen molar-refractivity contribution in [3.8, 4) is 5.75 Å². The number of nitrogens with one attached hydrogen (secondary N) is 1. The van der Waals surface area contributed by atoms with E-state index >= 15 is 0 Å². The van der Waals surface area contributed by atoms with Crippen LogP contribution in [0.25, 0.3) is 0 Å². The summed E-state index contributed by atoms with van der Waals surface area (Å²) in [5.41, 5.74) is 0. The average molecular weight is 274 g/mol. The highest BCUT2D eigenvalue weighted by molar-refractivity contribution is 9.10. The summed E-state index contributed by atoms with van der Waals surface area (Å²) >= 11 is 3.01. The van der Waals surface area contributed by atoms with Crippen molar-refractivity contribution in [1.82, 2.24) is 5.32 Å². The van der Waals surface area contributed by atoms with Crippen molar-refractivity contribution in [3.63, 3.8) is 0 Å². The van der Waals surface area contributed by atoms with Crippen LogP contribution in [0.2, 0.25) is 0 Å². The number of hydrogen-bond donors (Lipinski definition) is 1. The molecule has 0 unspecified atom stereocenters. The van der Waals surface area contributed by atoms with Gasteiger partial charge in [0.1, 0.15) is 0 Å². The summed E-state index contributed by atoms with van der Waals surface area (Å²) in [6.45, 7) is 0. The van der Waals surface area contributed by atoms with Gasteiger partial charge in [0.15, 0.2) is 11.6 Å². The Balaban J connectivity index is 2.02. The zero-order chi connectivity index (χ0) is 10.8. The fraction of sp³-hybridized carbons (Fsp3) is 0.300. The van der Waals surface area contributed by atoms with Crippen LogP contribution in [0.15, 0.2) is 22.7 Å². The first kappa shape index (κ1) is 10.4. The predicted molar refractivity (Wildman–Crippen MR) is 56.3 cm³/mol. The maximum atomic E-state index is 13.4. The van der Waals surface area contributed by atoms with E-state index in [1.54, 1.807) is 12.1 Å². The number of carbonyl (C=O) groups excluding carboxylic acids is 1.